The summed E-state index contributed by atoms with van der Waals surface area (Å²) in [6.07, 6.45) is -33.8. The number of amides is 1. The smallest absolute Gasteiger partial charge is 0.394 e. The molecule has 340 valence electrons. The Labute approximate surface area is 300 Å². The maximum Gasteiger partial charge on any atom is 0.460 e. The average molecular weight is 903 g/mol. The predicted molar refractivity (Wildman–Crippen MR) is 132 cm³/mol. The first-order chi connectivity index (χ1) is 25.1. The molecule has 57 heavy (non-hydrogen) atoms. The molecule has 0 unspecified atom stereocenters. The average Bonchev–Trinajstić information content (AvgIpc) is 3.07. The van der Waals surface area contributed by atoms with E-state index >= 15 is 0 Å². The first-order valence-electron chi connectivity index (χ1n) is 14.4. The molecule has 1 aliphatic heterocycles. The van der Waals surface area contributed by atoms with E-state index in [0.29, 0.717) is 0 Å². The fraction of sp³-hybridized carbons (Fsp3) is 0.958. The fourth-order valence-corrected chi connectivity index (χ4v) is 4.37. The minimum atomic E-state index is -9.37. The molecule has 1 saturated heterocycles. The molecule has 1 heterocycles. The summed E-state index contributed by atoms with van der Waals surface area (Å²) in [5.74, 6) is -81.5. The van der Waals surface area contributed by atoms with Gasteiger partial charge in [0.15, 0.2) is 12.4 Å². The Kier molecular flexibility index (Phi) is 15.3. The minimum absolute atomic E-state index is 0.858. The zero-order valence-electron chi connectivity index (χ0n) is 26.8. The van der Waals surface area contributed by atoms with E-state index in [0.717, 1.165) is 5.32 Å². The molecule has 0 aromatic heterocycles. The molecule has 33 heteroatoms. The van der Waals surface area contributed by atoms with Crippen molar-refractivity contribution >= 4 is 5.91 Å². The van der Waals surface area contributed by atoms with Crippen molar-refractivity contribution in [3.8, 4) is 0 Å². The van der Waals surface area contributed by atoms with E-state index in [4.69, 9.17) is 14.6 Å². The first-order valence-corrected chi connectivity index (χ1v) is 14.4. The van der Waals surface area contributed by atoms with Gasteiger partial charge in [0.1, 0.15) is 42.7 Å². The van der Waals surface area contributed by atoms with Crippen LogP contribution in [0.15, 0.2) is 0 Å². The van der Waals surface area contributed by atoms with Crippen molar-refractivity contribution in [2.45, 2.75) is 121 Å². The van der Waals surface area contributed by atoms with E-state index in [-0.39, 0.29) is 0 Å². The van der Waals surface area contributed by atoms with Crippen LogP contribution in [0.3, 0.4) is 0 Å². The Morgan fingerprint density at radius 1 is 0.596 bits per heavy atom. The first kappa shape index (κ1) is 52.6. The highest BCUT2D eigenvalue weighted by Gasteiger charge is 2.97. The SMILES string of the molecule is O=C(NCCC(F)(F)C(F)(F)C(F)(F)C(F)(F)C(F)(F)C(F)(F)C(F)(F)C(F)(F)C(F)(F)C(F)(F)F)[C@H](O)[C@@H](O)[C@H](O[C@@H]1O[C@H](CO)[C@H](O)[C@H](O)[C@H]1O)[C@H](O)CO. The van der Waals surface area contributed by atoms with E-state index in [9.17, 15) is 133 Å². The third-order valence-electron chi connectivity index (χ3n) is 7.95. The molecule has 1 aliphatic rings. The maximum atomic E-state index is 14.2. The summed E-state index contributed by atoms with van der Waals surface area (Å²) in [6, 6.07) is 0. The fourth-order valence-electron chi connectivity index (χ4n) is 4.37. The highest BCUT2D eigenvalue weighted by Crippen LogP contribution is 2.66. The number of hydrogen-bond donors (Lipinski definition) is 9. The lowest BCUT2D eigenvalue weighted by atomic mass is 9.86. The van der Waals surface area contributed by atoms with Crippen molar-refractivity contribution in [1.29, 1.82) is 0 Å². The van der Waals surface area contributed by atoms with Gasteiger partial charge in [-0.15, -0.1) is 0 Å². The highest BCUT2D eigenvalue weighted by molar-refractivity contribution is 5.81. The molecule has 9 N–H and O–H groups in total. The highest BCUT2D eigenvalue weighted by atomic mass is 19.4. The molecule has 1 amide bonds. The number of carbonyl (C=O) groups is 1. The molecule has 1 fully saturated rings. The molecule has 0 radical (unpaired) electrons. The summed E-state index contributed by atoms with van der Waals surface area (Å²) < 4.78 is 294. The number of aliphatic hydroxyl groups excluding tert-OH is 8. The van der Waals surface area contributed by atoms with E-state index in [1.807, 2.05) is 0 Å². The van der Waals surface area contributed by atoms with E-state index in [1.165, 1.54) is 0 Å². The second-order valence-electron chi connectivity index (χ2n) is 11.8. The molecule has 0 aromatic carbocycles. The number of rotatable bonds is 19. The van der Waals surface area contributed by atoms with Crippen LogP contribution in [0.5, 0.6) is 0 Å². The second-order valence-corrected chi connectivity index (χ2v) is 11.8. The van der Waals surface area contributed by atoms with E-state index in [2.05, 4.69) is 0 Å². The van der Waals surface area contributed by atoms with E-state index in [1.54, 1.807) is 0 Å². The standard InChI is InChI=1S/C24H26F21NO11/c25-15(26,1-2-46-13(55)10(53)9(52)12(5(49)3-47)57-14-11(54)8(51)7(50)6(4-48)56-14)16(27,28)17(29,30)18(31,32)19(33,34)20(35,36)21(37,38)22(39,40)23(41,42)24(43,44)45/h5-12,14,47-54H,1-4H2,(H,46,55)/t5-,6-,7+,8+,9-,10-,11-,12-,14+/m1/s1. The Morgan fingerprint density at radius 3 is 1.35 bits per heavy atom. The number of halogens is 21. The lowest BCUT2D eigenvalue weighted by Gasteiger charge is -2.44. The van der Waals surface area contributed by atoms with Crippen molar-refractivity contribution in [3.63, 3.8) is 0 Å². The van der Waals surface area contributed by atoms with E-state index < -0.39 is 147 Å². The topological polar surface area (TPSA) is 209 Å². The van der Waals surface area contributed by atoms with Gasteiger partial charge >= 0.3 is 59.5 Å². The number of hydrogen-bond acceptors (Lipinski definition) is 11. The monoisotopic (exact) mass is 903 g/mol. The molecule has 0 aliphatic carbocycles. The van der Waals surface area contributed by atoms with Gasteiger partial charge in [0, 0.05) is 13.0 Å². The van der Waals surface area contributed by atoms with Crippen LogP contribution in [0.2, 0.25) is 0 Å². The summed E-state index contributed by atoms with van der Waals surface area (Å²) in [4.78, 5) is 12.1. The van der Waals surface area contributed by atoms with Crippen molar-refractivity contribution in [2.75, 3.05) is 19.8 Å². The lowest BCUT2D eigenvalue weighted by molar-refractivity contribution is -0.474. The Bertz CT molecular complexity index is 1370. The third-order valence-corrected chi connectivity index (χ3v) is 7.95. The van der Waals surface area contributed by atoms with Crippen LogP contribution < -0.4 is 5.32 Å². The molecular weight excluding hydrogens is 877 g/mol. The largest absolute Gasteiger partial charge is 0.460 e. The van der Waals surface area contributed by atoms with Gasteiger partial charge in [-0.25, -0.2) is 0 Å². The van der Waals surface area contributed by atoms with Gasteiger partial charge in [0.2, 0.25) is 0 Å². The predicted octanol–water partition coefficient (Wildman–Crippen LogP) is 1.03. The van der Waals surface area contributed by atoms with Crippen molar-refractivity contribution < 1.29 is 147 Å². The normalized spacial score (nSPS) is 25.2. The van der Waals surface area contributed by atoms with Crippen LogP contribution in [0, 0.1) is 0 Å². The number of ether oxygens (including phenoxy) is 2. The van der Waals surface area contributed by atoms with Gasteiger partial charge in [0.05, 0.1) is 13.2 Å². The van der Waals surface area contributed by atoms with Gasteiger partial charge in [-0.05, 0) is 0 Å². The van der Waals surface area contributed by atoms with Crippen LogP contribution in [-0.2, 0) is 14.3 Å². The Balaban J connectivity index is 3.34. The van der Waals surface area contributed by atoms with Crippen LogP contribution in [0.1, 0.15) is 6.42 Å². The quantitative estimate of drug-likeness (QED) is 0.0838. The number of nitrogens with one attached hydrogen (secondary N) is 1. The van der Waals surface area contributed by atoms with Crippen molar-refractivity contribution in [1.82, 2.24) is 5.32 Å². The summed E-state index contributed by atoms with van der Waals surface area (Å²) in [7, 11) is 0. The van der Waals surface area contributed by atoms with Crippen LogP contribution in [0.4, 0.5) is 92.2 Å². The third kappa shape index (κ3) is 8.50. The molecule has 0 saturated carbocycles. The number of carbonyl (C=O) groups excluding carboxylic acids is 1. The summed E-state index contributed by atoms with van der Waals surface area (Å²) >= 11 is 0. The van der Waals surface area contributed by atoms with Crippen LogP contribution in [0.25, 0.3) is 0 Å². The van der Waals surface area contributed by atoms with Crippen LogP contribution >= 0.6 is 0 Å². The van der Waals surface area contributed by atoms with Gasteiger partial charge < -0.3 is 55.6 Å². The molecule has 9 atom stereocenters. The van der Waals surface area contributed by atoms with Gasteiger partial charge in [-0.1, -0.05) is 0 Å². The van der Waals surface area contributed by atoms with Crippen molar-refractivity contribution in [3.05, 3.63) is 0 Å². The van der Waals surface area contributed by atoms with Gasteiger partial charge in [-0.3, -0.25) is 4.79 Å². The summed E-state index contributed by atoms with van der Waals surface area (Å²) in [5.41, 5.74) is 0. The summed E-state index contributed by atoms with van der Waals surface area (Å²) in [6.45, 7) is -5.08. The molecule has 12 nitrogen and oxygen atoms in total. The zero-order chi connectivity index (χ0) is 45.7. The van der Waals surface area contributed by atoms with Gasteiger partial charge in [-0.2, -0.15) is 92.2 Å². The number of alkyl halides is 21. The lowest BCUT2D eigenvalue weighted by Crippen LogP contribution is -2.76. The molecular formula is C24H26F21NO11. The molecule has 0 aromatic rings. The maximum absolute atomic E-state index is 14.2. The minimum Gasteiger partial charge on any atom is -0.394 e. The second kappa shape index (κ2) is 16.6. The molecule has 0 bridgehead atoms. The Morgan fingerprint density at radius 2 is 0.982 bits per heavy atom. The van der Waals surface area contributed by atoms with Crippen molar-refractivity contribution in [2.24, 2.45) is 0 Å². The van der Waals surface area contributed by atoms with Crippen LogP contribution in [-0.4, -0.2) is 181 Å². The molecule has 0 spiro atoms. The Hall–Kier alpha value is -2.40. The summed E-state index contributed by atoms with van der Waals surface area (Å²) in [5, 5.41) is 78.8. The number of aliphatic hydroxyl groups is 8. The zero-order valence-corrected chi connectivity index (χ0v) is 26.8. The van der Waals surface area contributed by atoms with Gasteiger partial charge in [0.25, 0.3) is 5.91 Å². The molecule has 1 rings (SSSR count).